The average Bonchev–Trinajstić information content (AvgIpc) is 2.27. The summed E-state index contributed by atoms with van der Waals surface area (Å²) in [4.78, 5) is 2.02. The van der Waals surface area contributed by atoms with Crippen LogP contribution >= 0.6 is 24.4 Å². The Hall–Kier alpha value is -0.880. The van der Waals surface area contributed by atoms with Crippen LogP contribution in [0.4, 0.5) is 0 Å². The second-order valence-corrected chi connectivity index (χ2v) is 4.02. The maximum Gasteiger partial charge on any atom is 0.187 e. The minimum Gasteiger partial charge on any atom is -0.355 e. The molecule has 0 aromatic heterocycles. The van der Waals surface area contributed by atoms with Gasteiger partial charge in [0.05, 0.1) is 0 Å². The van der Waals surface area contributed by atoms with Crippen LogP contribution in [0.5, 0.6) is 0 Å². The van der Waals surface area contributed by atoms with Crippen molar-refractivity contribution in [3.63, 3.8) is 0 Å². The highest BCUT2D eigenvalue weighted by Gasteiger charge is 2.05. The number of rotatable bonds is 4. The molecule has 0 fully saturated rings. The molecule has 0 aliphatic rings. The van der Waals surface area contributed by atoms with Gasteiger partial charge in [-0.1, -0.05) is 6.08 Å². The molecular formula is C10H20N4S2. The fourth-order valence-corrected chi connectivity index (χ4v) is 1.55. The van der Waals surface area contributed by atoms with Crippen molar-refractivity contribution in [2.24, 2.45) is 0 Å². The largest absolute Gasteiger partial charge is 0.355 e. The molecule has 0 rings (SSSR count). The van der Waals surface area contributed by atoms with Crippen LogP contribution in [0.1, 0.15) is 20.8 Å². The minimum absolute atomic E-state index is 0.129. The summed E-state index contributed by atoms with van der Waals surface area (Å²) in [5.74, 6) is 0. The van der Waals surface area contributed by atoms with Crippen molar-refractivity contribution in [2.75, 3.05) is 13.1 Å². The topological polar surface area (TPSA) is 39.3 Å². The van der Waals surface area contributed by atoms with Gasteiger partial charge in [-0.3, -0.25) is 10.9 Å². The van der Waals surface area contributed by atoms with Gasteiger partial charge < -0.3 is 10.2 Å². The maximum absolute atomic E-state index is 5.18. The van der Waals surface area contributed by atoms with E-state index >= 15 is 0 Å². The Kier molecular flexibility index (Phi) is 7.84. The first-order chi connectivity index (χ1) is 7.54. The molecule has 1 unspecified atom stereocenters. The van der Waals surface area contributed by atoms with Crippen LogP contribution in [0.2, 0.25) is 0 Å². The van der Waals surface area contributed by atoms with Gasteiger partial charge in [-0.2, -0.15) is 0 Å². The van der Waals surface area contributed by atoms with E-state index in [1.807, 2.05) is 25.7 Å². The summed E-state index contributed by atoms with van der Waals surface area (Å²) >= 11 is 10.2. The Morgan fingerprint density at radius 1 is 1.31 bits per heavy atom. The molecule has 4 nitrogen and oxygen atoms in total. The van der Waals surface area contributed by atoms with E-state index in [0.717, 1.165) is 13.1 Å². The van der Waals surface area contributed by atoms with Gasteiger partial charge in [0.2, 0.25) is 0 Å². The van der Waals surface area contributed by atoms with Crippen molar-refractivity contribution in [3.8, 4) is 0 Å². The molecule has 0 aromatic rings. The third-order valence-electron chi connectivity index (χ3n) is 2.05. The fraction of sp³-hybridized carbons (Fsp3) is 0.600. The van der Waals surface area contributed by atoms with Crippen LogP contribution in [0.3, 0.4) is 0 Å². The summed E-state index contributed by atoms with van der Waals surface area (Å²) in [5.41, 5.74) is 5.72. The second-order valence-electron chi connectivity index (χ2n) is 3.23. The monoisotopic (exact) mass is 260 g/mol. The number of hydrazine groups is 1. The zero-order valence-corrected chi connectivity index (χ0v) is 11.7. The van der Waals surface area contributed by atoms with Crippen molar-refractivity contribution >= 4 is 34.7 Å². The Morgan fingerprint density at radius 3 is 2.31 bits per heavy atom. The lowest BCUT2D eigenvalue weighted by molar-refractivity contribution is 0.452. The van der Waals surface area contributed by atoms with Crippen LogP contribution in [0.15, 0.2) is 12.7 Å². The molecule has 0 saturated heterocycles. The predicted octanol–water partition coefficient (Wildman–Crippen LogP) is 1.16. The summed E-state index contributed by atoms with van der Waals surface area (Å²) in [7, 11) is 0. The molecule has 0 aliphatic carbocycles. The molecule has 16 heavy (non-hydrogen) atoms. The maximum atomic E-state index is 5.18. The standard InChI is InChI=1S/C10H20N4S2/c1-5-8(4)11-9(15)12-13-10(16)14(6-2)7-3/h5,8H,1,6-7H2,2-4H3,(H,13,16)(H2,11,12,15). The molecule has 0 radical (unpaired) electrons. The van der Waals surface area contributed by atoms with E-state index in [4.69, 9.17) is 24.4 Å². The van der Waals surface area contributed by atoms with Crippen molar-refractivity contribution < 1.29 is 0 Å². The van der Waals surface area contributed by atoms with Crippen LogP contribution in [-0.2, 0) is 0 Å². The quantitative estimate of drug-likeness (QED) is 0.400. The number of nitrogens with zero attached hydrogens (tertiary/aromatic N) is 1. The highest BCUT2D eigenvalue weighted by Crippen LogP contribution is 1.87. The zero-order chi connectivity index (χ0) is 12.6. The Balaban J connectivity index is 3.91. The van der Waals surface area contributed by atoms with Gasteiger partial charge in [0.25, 0.3) is 0 Å². The highest BCUT2D eigenvalue weighted by molar-refractivity contribution is 7.80. The van der Waals surface area contributed by atoms with E-state index in [0.29, 0.717) is 10.2 Å². The lowest BCUT2D eigenvalue weighted by Gasteiger charge is -2.23. The molecule has 0 saturated carbocycles. The Morgan fingerprint density at radius 2 is 1.88 bits per heavy atom. The predicted molar refractivity (Wildman–Crippen MR) is 77.2 cm³/mol. The first-order valence-corrected chi connectivity index (χ1v) is 6.10. The van der Waals surface area contributed by atoms with E-state index in [-0.39, 0.29) is 6.04 Å². The van der Waals surface area contributed by atoms with Gasteiger partial charge in [-0.05, 0) is 45.2 Å². The van der Waals surface area contributed by atoms with Crippen LogP contribution < -0.4 is 16.2 Å². The Labute approximate surface area is 108 Å². The molecule has 0 heterocycles. The van der Waals surface area contributed by atoms with Crippen LogP contribution in [0, 0.1) is 0 Å². The molecule has 6 heteroatoms. The third kappa shape index (κ3) is 5.87. The zero-order valence-electron chi connectivity index (χ0n) is 10.0. The van der Waals surface area contributed by atoms with Crippen molar-refractivity contribution in [2.45, 2.75) is 26.8 Å². The van der Waals surface area contributed by atoms with Crippen molar-refractivity contribution in [1.29, 1.82) is 0 Å². The van der Waals surface area contributed by atoms with Gasteiger partial charge >= 0.3 is 0 Å². The SMILES string of the molecule is C=CC(C)NC(=S)NNC(=S)N(CC)CC. The molecule has 3 N–H and O–H groups in total. The van der Waals surface area contributed by atoms with E-state index in [1.165, 1.54) is 0 Å². The summed E-state index contributed by atoms with van der Waals surface area (Å²) in [6.07, 6.45) is 1.77. The highest BCUT2D eigenvalue weighted by atomic mass is 32.1. The number of hydrogen-bond acceptors (Lipinski definition) is 2. The van der Waals surface area contributed by atoms with Crippen molar-refractivity contribution in [3.05, 3.63) is 12.7 Å². The molecule has 0 spiro atoms. The first-order valence-electron chi connectivity index (χ1n) is 5.29. The molecule has 0 aromatic carbocycles. The lowest BCUT2D eigenvalue weighted by atomic mass is 10.3. The lowest BCUT2D eigenvalue weighted by Crippen LogP contribution is -2.52. The van der Waals surface area contributed by atoms with Crippen molar-refractivity contribution in [1.82, 2.24) is 21.1 Å². The summed E-state index contributed by atoms with van der Waals surface area (Å²) in [5, 5.41) is 4.16. The second kappa shape index (κ2) is 8.29. The molecule has 0 bridgehead atoms. The fourth-order valence-electron chi connectivity index (χ4n) is 1.00. The van der Waals surface area contributed by atoms with Crippen LogP contribution in [0.25, 0.3) is 0 Å². The van der Waals surface area contributed by atoms with Crippen LogP contribution in [-0.4, -0.2) is 34.3 Å². The minimum atomic E-state index is 0.129. The molecule has 92 valence electrons. The van der Waals surface area contributed by atoms with Gasteiger partial charge in [0, 0.05) is 19.1 Å². The van der Waals surface area contributed by atoms with Gasteiger partial charge in [-0.25, -0.2) is 0 Å². The first kappa shape index (κ1) is 15.1. The van der Waals surface area contributed by atoms with Gasteiger partial charge in [0.15, 0.2) is 10.2 Å². The normalized spacial score (nSPS) is 11.2. The van der Waals surface area contributed by atoms with E-state index < -0.39 is 0 Å². The molecule has 0 amide bonds. The number of thiocarbonyl (C=S) groups is 2. The average molecular weight is 260 g/mol. The van der Waals surface area contributed by atoms with Gasteiger partial charge in [-0.15, -0.1) is 6.58 Å². The molecular weight excluding hydrogens is 240 g/mol. The number of hydrogen-bond donors (Lipinski definition) is 3. The van der Waals surface area contributed by atoms with Gasteiger partial charge in [0.1, 0.15) is 0 Å². The summed E-state index contributed by atoms with van der Waals surface area (Å²) in [6, 6.07) is 0.129. The summed E-state index contributed by atoms with van der Waals surface area (Å²) in [6.45, 7) is 11.5. The number of nitrogens with one attached hydrogen (secondary N) is 3. The van der Waals surface area contributed by atoms with E-state index in [1.54, 1.807) is 6.08 Å². The smallest absolute Gasteiger partial charge is 0.187 e. The molecule has 1 atom stereocenters. The summed E-state index contributed by atoms with van der Waals surface area (Å²) < 4.78 is 0. The molecule has 0 aliphatic heterocycles. The Bertz CT molecular complexity index is 251. The van der Waals surface area contributed by atoms with E-state index in [2.05, 4.69) is 22.7 Å². The van der Waals surface area contributed by atoms with E-state index in [9.17, 15) is 0 Å². The third-order valence-corrected chi connectivity index (χ3v) is 2.63.